The molecule has 376 valence electrons. The molecule has 16 nitrogen and oxygen atoms in total. The first kappa shape index (κ1) is 49.8. The third-order valence-electron chi connectivity index (χ3n) is 15.1. The number of ether oxygens (including phenoxy) is 3. The summed E-state index contributed by atoms with van der Waals surface area (Å²) in [7, 11) is 3.75. The van der Waals surface area contributed by atoms with E-state index in [9.17, 15) is 24.0 Å². The second-order valence-corrected chi connectivity index (χ2v) is 21.2. The lowest BCUT2D eigenvalue weighted by Crippen LogP contribution is -2.64. The molecular formula is C55H68N8O8. The Balaban J connectivity index is 1.01. The zero-order valence-corrected chi connectivity index (χ0v) is 42.2. The van der Waals surface area contributed by atoms with Gasteiger partial charge in [-0.25, -0.2) is 5.43 Å². The monoisotopic (exact) mass is 969 g/mol. The fourth-order valence-corrected chi connectivity index (χ4v) is 11.2. The van der Waals surface area contributed by atoms with E-state index in [1.165, 1.54) is 5.01 Å². The Hall–Kier alpha value is -6.12. The van der Waals surface area contributed by atoms with Gasteiger partial charge in [-0.3, -0.25) is 38.9 Å². The van der Waals surface area contributed by atoms with Crippen molar-refractivity contribution < 1.29 is 38.2 Å². The van der Waals surface area contributed by atoms with E-state index >= 15 is 0 Å². The maximum atomic E-state index is 14.8. The number of amides is 4. The number of aryl methyl sites for hydroxylation is 1. The minimum atomic E-state index is -1.05. The molecule has 4 amide bonds. The van der Waals surface area contributed by atoms with E-state index in [1.54, 1.807) is 23.1 Å². The van der Waals surface area contributed by atoms with Crippen molar-refractivity contribution in [3.63, 3.8) is 0 Å². The second kappa shape index (κ2) is 20.5. The van der Waals surface area contributed by atoms with E-state index in [-0.39, 0.29) is 50.0 Å². The average molecular weight is 969 g/mol. The molecule has 0 radical (unpaired) electrons. The van der Waals surface area contributed by atoms with Gasteiger partial charge in [-0.1, -0.05) is 63.9 Å². The third-order valence-corrected chi connectivity index (χ3v) is 15.1. The van der Waals surface area contributed by atoms with Crippen LogP contribution in [-0.4, -0.2) is 150 Å². The van der Waals surface area contributed by atoms with E-state index in [0.717, 1.165) is 63.2 Å². The number of hydrogen-bond donors (Lipinski definition) is 2. The van der Waals surface area contributed by atoms with E-state index in [2.05, 4.69) is 89.3 Å². The minimum Gasteiger partial charge on any atom is -0.464 e. The molecule has 71 heavy (non-hydrogen) atoms. The molecule has 5 aliphatic heterocycles. The van der Waals surface area contributed by atoms with Crippen LogP contribution in [0.5, 0.6) is 0 Å². The van der Waals surface area contributed by atoms with Gasteiger partial charge in [-0.05, 0) is 91.0 Å². The Morgan fingerprint density at radius 1 is 0.986 bits per heavy atom. The summed E-state index contributed by atoms with van der Waals surface area (Å²) in [6.45, 7) is 14.6. The normalized spacial score (nSPS) is 22.4. The Morgan fingerprint density at radius 2 is 1.76 bits per heavy atom. The Bertz CT molecular complexity index is 2760. The number of nitrogens with zero attached hydrogens (tertiary/aromatic N) is 6. The van der Waals surface area contributed by atoms with Crippen LogP contribution in [0.25, 0.3) is 33.3 Å². The maximum absolute atomic E-state index is 14.8. The number of nitrogens with one attached hydrogen (secondary N) is 2. The fraction of sp³-hybridized carbons (Fsp3) is 0.527. The van der Waals surface area contributed by atoms with Gasteiger partial charge in [0.1, 0.15) is 18.1 Å². The van der Waals surface area contributed by atoms with Crippen LogP contribution in [0.1, 0.15) is 76.8 Å². The maximum Gasteiger partial charge on any atom is 0.324 e. The smallest absolute Gasteiger partial charge is 0.324 e. The molecule has 5 aliphatic rings. The van der Waals surface area contributed by atoms with Gasteiger partial charge in [0.15, 0.2) is 0 Å². The van der Waals surface area contributed by atoms with Gasteiger partial charge >= 0.3 is 5.97 Å². The number of benzene rings is 2. The molecule has 0 saturated carbocycles. The Labute approximate surface area is 416 Å². The zero-order valence-electron chi connectivity index (χ0n) is 42.2. The van der Waals surface area contributed by atoms with Crippen molar-refractivity contribution in [2.45, 2.75) is 91.0 Å². The molecule has 7 heterocycles. The number of cyclic esters (lactones) is 1. The zero-order chi connectivity index (χ0) is 50.2. The molecule has 4 saturated heterocycles. The highest BCUT2D eigenvalue weighted by Gasteiger charge is 2.58. The number of hydrazine groups is 1. The number of carbonyl (C=O) groups excluding carboxylic acids is 5. The number of aromatic nitrogens is 2. The molecule has 0 unspecified atom stereocenters. The molecule has 0 aliphatic carbocycles. The molecule has 2 aromatic heterocycles. The van der Waals surface area contributed by atoms with Crippen molar-refractivity contribution in [1.29, 1.82) is 0 Å². The molecule has 16 heteroatoms. The summed E-state index contributed by atoms with van der Waals surface area (Å²) in [5, 5.41) is 5.62. The summed E-state index contributed by atoms with van der Waals surface area (Å²) in [5.74, 6) is 3.69. The predicted molar refractivity (Wildman–Crippen MR) is 268 cm³/mol. The first-order valence-corrected chi connectivity index (χ1v) is 25.2. The number of morpholine rings is 1. The molecule has 4 fully saturated rings. The first-order chi connectivity index (χ1) is 34.1. The predicted octanol–water partition coefficient (Wildman–Crippen LogP) is 4.68. The summed E-state index contributed by atoms with van der Waals surface area (Å²) >= 11 is 0. The van der Waals surface area contributed by atoms with Gasteiger partial charge in [0, 0.05) is 87.9 Å². The lowest BCUT2D eigenvalue weighted by Gasteiger charge is -2.46. The topological polar surface area (TPSA) is 168 Å². The van der Waals surface area contributed by atoms with E-state index in [0.29, 0.717) is 58.5 Å². The van der Waals surface area contributed by atoms with Gasteiger partial charge in [-0.2, -0.15) is 0 Å². The lowest BCUT2D eigenvalue weighted by atomic mass is 9.78. The van der Waals surface area contributed by atoms with Crippen LogP contribution in [0.15, 0.2) is 60.8 Å². The molecule has 6 bridgehead atoms. The van der Waals surface area contributed by atoms with Gasteiger partial charge in [0.2, 0.25) is 11.8 Å². The number of fused-ring (bicyclic) bond motifs is 6. The number of pyridine rings is 1. The van der Waals surface area contributed by atoms with Gasteiger partial charge < -0.3 is 33.9 Å². The van der Waals surface area contributed by atoms with E-state index < -0.39 is 46.7 Å². The van der Waals surface area contributed by atoms with Gasteiger partial charge in [0.25, 0.3) is 11.8 Å². The van der Waals surface area contributed by atoms with E-state index in [1.807, 2.05) is 39.0 Å². The van der Waals surface area contributed by atoms with Crippen LogP contribution in [0.4, 0.5) is 0 Å². The summed E-state index contributed by atoms with van der Waals surface area (Å²) in [4.78, 5) is 81.1. The van der Waals surface area contributed by atoms with Crippen LogP contribution < -0.4 is 10.7 Å². The van der Waals surface area contributed by atoms with Crippen molar-refractivity contribution in [2.24, 2.45) is 23.8 Å². The van der Waals surface area contributed by atoms with Crippen molar-refractivity contribution in [3.8, 4) is 34.2 Å². The molecule has 2 aromatic carbocycles. The summed E-state index contributed by atoms with van der Waals surface area (Å²) < 4.78 is 19.5. The van der Waals surface area contributed by atoms with Crippen LogP contribution in [0, 0.1) is 28.6 Å². The quantitative estimate of drug-likeness (QED) is 0.186. The summed E-state index contributed by atoms with van der Waals surface area (Å²) in [6, 6.07) is 15.8. The number of carbonyl (C=O) groups is 5. The molecule has 2 N–H and O–H groups in total. The Morgan fingerprint density at radius 3 is 2.52 bits per heavy atom. The number of rotatable bonds is 8. The molecule has 4 aromatic rings. The second-order valence-electron chi connectivity index (χ2n) is 21.2. The molecule has 1 spiro atoms. The first-order valence-electron chi connectivity index (χ1n) is 25.2. The van der Waals surface area contributed by atoms with Crippen LogP contribution in [-0.2, 0) is 58.1 Å². The van der Waals surface area contributed by atoms with Crippen molar-refractivity contribution in [1.82, 2.24) is 40.0 Å². The highest BCUT2D eigenvalue weighted by molar-refractivity contribution is 5.99. The van der Waals surface area contributed by atoms with Crippen LogP contribution in [0.3, 0.4) is 0 Å². The summed E-state index contributed by atoms with van der Waals surface area (Å²) in [5.41, 5.74) is 9.58. The van der Waals surface area contributed by atoms with Gasteiger partial charge in [0.05, 0.1) is 49.3 Å². The van der Waals surface area contributed by atoms with Crippen LogP contribution in [0.2, 0.25) is 0 Å². The molecular weight excluding hydrogens is 901 g/mol. The van der Waals surface area contributed by atoms with E-state index in [4.69, 9.17) is 19.2 Å². The fourth-order valence-electron chi connectivity index (χ4n) is 11.2. The number of likely N-dealkylation sites (tertiary alicyclic amines) is 2. The molecule has 9 rings (SSSR count). The number of methoxy groups -OCH3 is 1. The van der Waals surface area contributed by atoms with Gasteiger partial charge in [-0.15, -0.1) is 0 Å². The number of esters is 1. The largest absolute Gasteiger partial charge is 0.464 e. The van der Waals surface area contributed by atoms with Crippen molar-refractivity contribution in [2.75, 3.05) is 72.7 Å². The molecule has 4 atom stereocenters. The Kier molecular flexibility index (Phi) is 14.4. The van der Waals surface area contributed by atoms with Crippen molar-refractivity contribution in [3.05, 3.63) is 77.6 Å². The minimum absolute atomic E-state index is 0.132. The lowest BCUT2D eigenvalue weighted by molar-refractivity contribution is -0.155. The SMILES string of the molecule is CO[C@@H](C)c1ncccc1-c1c2c3cc(ccc3n1C)-c1cccc(c1)C[C@H](NC(=O)[C@H](C(C)C)N1CCC3(CN(C(=O)C#CCN4CCOCC4)C3)C1=O)C(=O)N1CCC[C@H](N1)C(=O)OCC(C)(C)C2. The average Bonchev–Trinajstić information content (AvgIpc) is 3.83. The standard InChI is InChI=1S/C55H68N8O8/c1-35(2)48(62-23-19-55(53(62)68)32-61(33-55)46(64)16-11-21-60-24-26-70-27-25-60)50(65)57-44-29-37-12-8-13-38(28-37)39-17-18-45-41(30-39)42(49(59(45)6)40-14-9-20-56-47(40)36(3)69-7)31-54(4,5)34-71-52(67)43-15-10-22-63(58-43)51(44)66/h8-9,12-14,17-18,20,28,30,35-36,43-44,48,58H,10,15,19,21-27,29,31-34H2,1-7H3,(H,57,65)/t36-,43-,44-,48-/m0/s1. The third kappa shape index (κ3) is 10.2. The van der Waals surface area contributed by atoms with Crippen molar-refractivity contribution >= 4 is 40.5 Å². The highest BCUT2D eigenvalue weighted by atomic mass is 16.5. The number of hydrogen-bond acceptors (Lipinski definition) is 11. The highest BCUT2D eigenvalue weighted by Crippen LogP contribution is 2.43. The van der Waals surface area contributed by atoms with Crippen LogP contribution >= 0.6 is 0 Å². The summed E-state index contributed by atoms with van der Waals surface area (Å²) in [6.07, 6.45) is 3.78.